The van der Waals surface area contributed by atoms with Gasteiger partial charge in [-0.3, -0.25) is 4.68 Å². The highest BCUT2D eigenvalue weighted by molar-refractivity contribution is 5.88. The minimum absolute atomic E-state index is 0.120. The summed E-state index contributed by atoms with van der Waals surface area (Å²) in [7, 11) is 1.92. The monoisotopic (exact) mass is 289 g/mol. The van der Waals surface area contributed by atoms with Crippen LogP contribution < -0.4 is 0 Å². The van der Waals surface area contributed by atoms with Gasteiger partial charge in [0.2, 0.25) is 0 Å². The second kappa shape index (κ2) is 4.55. The van der Waals surface area contributed by atoms with Crippen LogP contribution in [-0.4, -0.2) is 27.6 Å². The van der Waals surface area contributed by atoms with Crippen molar-refractivity contribution in [1.82, 2.24) is 15.0 Å². The third-order valence-corrected chi connectivity index (χ3v) is 5.84. The molecule has 0 radical (unpaired) electrons. The van der Waals surface area contributed by atoms with E-state index in [0.29, 0.717) is 12.3 Å². The van der Waals surface area contributed by atoms with Crippen molar-refractivity contribution in [3.8, 4) is 0 Å². The first-order valence-electron chi connectivity index (χ1n) is 8.18. The predicted octanol–water partition coefficient (Wildman–Crippen LogP) is 2.46. The fourth-order valence-electron chi connectivity index (χ4n) is 5.69. The van der Waals surface area contributed by atoms with E-state index in [9.17, 15) is 4.79 Å². The van der Waals surface area contributed by atoms with Crippen LogP contribution in [0.1, 0.15) is 61.6 Å². The number of hydrogen-bond acceptors (Lipinski definition) is 4. The molecule has 0 aliphatic heterocycles. The molecule has 0 atom stereocenters. The van der Waals surface area contributed by atoms with Crippen LogP contribution in [0, 0.1) is 17.8 Å². The molecule has 4 saturated carbocycles. The van der Waals surface area contributed by atoms with Gasteiger partial charge in [-0.05, 0) is 63.2 Å². The molecule has 114 valence electrons. The van der Waals surface area contributed by atoms with Crippen molar-refractivity contribution in [1.29, 1.82) is 0 Å². The fraction of sp³-hybridized carbons (Fsp3) is 0.812. The molecule has 1 aromatic heterocycles. The predicted molar refractivity (Wildman–Crippen MR) is 76.8 cm³/mol. The quantitative estimate of drug-likeness (QED) is 0.802. The molecule has 4 aliphatic carbocycles. The third kappa shape index (κ3) is 1.93. The van der Waals surface area contributed by atoms with Gasteiger partial charge in [0.15, 0.2) is 5.69 Å². The number of rotatable bonds is 3. The van der Waals surface area contributed by atoms with Crippen molar-refractivity contribution in [2.45, 2.75) is 50.9 Å². The summed E-state index contributed by atoms with van der Waals surface area (Å²) in [5.41, 5.74) is 1.62. The van der Waals surface area contributed by atoms with E-state index < -0.39 is 0 Å². The molecule has 0 N–H and O–H groups in total. The van der Waals surface area contributed by atoms with Crippen LogP contribution in [0.15, 0.2) is 0 Å². The molecule has 4 aliphatic rings. The van der Waals surface area contributed by atoms with Crippen molar-refractivity contribution < 1.29 is 9.53 Å². The van der Waals surface area contributed by atoms with Crippen LogP contribution in [0.4, 0.5) is 0 Å². The normalized spacial score (nSPS) is 37.0. The Balaban J connectivity index is 1.76. The highest BCUT2D eigenvalue weighted by Gasteiger charge is 2.54. The van der Waals surface area contributed by atoms with Crippen LogP contribution >= 0.6 is 0 Å². The van der Waals surface area contributed by atoms with E-state index in [2.05, 4.69) is 10.3 Å². The zero-order valence-electron chi connectivity index (χ0n) is 12.8. The summed E-state index contributed by atoms with van der Waals surface area (Å²) in [6.07, 6.45) is 7.77. The van der Waals surface area contributed by atoms with Gasteiger partial charge in [-0.15, -0.1) is 5.10 Å². The molecule has 1 aromatic rings. The van der Waals surface area contributed by atoms with E-state index in [1.807, 2.05) is 18.7 Å². The second-order valence-electron chi connectivity index (χ2n) is 7.33. The maximum Gasteiger partial charge on any atom is 0.360 e. The minimum Gasteiger partial charge on any atom is -0.461 e. The van der Waals surface area contributed by atoms with Gasteiger partial charge < -0.3 is 4.74 Å². The third-order valence-electron chi connectivity index (χ3n) is 5.84. The van der Waals surface area contributed by atoms with E-state index >= 15 is 0 Å². The summed E-state index contributed by atoms with van der Waals surface area (Å²) >= 11 is 0. The molecule has 0 amide bonds. The lowest BCUT2D eigenvalue weighted by atomic mass is 9.48. The Kier molecular flexibility index (Phi) is 2.88. The first-order chi connectivity index (χ1) is 10.1. The SMILES string of the molecule is CCOC(=O)c1nnn(C)c1C12CC3CC(CC(C3)C1)C2. The molecule has 5 heteroatoms. The number of aromatic nitrogens is 3. The molecule has 5 rings (SSSR count). The van der Waals surface area contributed by atoms with Crippen LogP contribution in [-0.2, 0) is 17.2 Å². The summed E-state index contributed by atoms with van der Waals surface area (Å²) < 4.78 is 7.02. The van der Waals surface area contributed by atoms with Gasteiger partial charge in [0.1, 0.15) is 0 Å². The molecule has 5 nitrogen and oxygen atoms in total. The Hall–Kier alpha value is -1.39. The Morgan fingerprint density at radius 1 is 1.24 bits per heavy atom. The molecule has 4 bridgehead atoms. The lowest BCUT2D eigenvalue weighted by Crippen LogP contribution is -2.50. The van der Waals surface area contributed by atoms with Crippen molar-refractivity contribution in [3.63, 3.8) is 0 Å². The Morgan fingerprint density at radius 2 is 1.81 bits per heavy atom. The summed E-state index contributed by atoms with van der Waals surface area (Å²) in [5.74, 6) is 2.19. The molecule has 4 fully saturated rings. The molecule has 0 spiro atoms. The first-order valence-corrected chi connectivity index (χ1v) is 8.18. The average Bonchev–Trinajstić information content (AvgIpc) is 2.80. The number of carbonyl (C=O) groups excluding carboxylic acids is 1. The van der Waals surface area contributed by atoms with Crippen molar-refractivity contribution in [2.24, 2.45) is 24.8 Å². The van der Waals surface area contributed by atoms with Crippen molar-refractivity contribution >= 4 is 5.97 Å². The average molecular weight is 289 g/mol. The van der Waals surface area contributed by atoms with Gasteiger partial charge >= 0.3 is 5.97 Å². The van der Waals surface area contributed by atoms with Gasteiger partial charge in [0.05, 0.1) is 12.3 Å². The summed E-state index contributed by atoms with van der Waals surface area (Å²) in [5, 5.41) is 8.27. The Morgan fingerprint density at radius 3 is 2.33 bits per heavy atom. The summed E-state index contributed by atoms with van der Waals surface area (Å²) in [4.78, 5) is 12.2. The largest absolute Gasteiger partial charge is 0.461 e. The zero-order valence-corrected chi connectivity index (χ0v) is 12.8. The van der Waals surface area contributed by atoms with Crippen LogP contribution in [0.5, 0.6) is 0 Å². The van der Waals surface area contributed by atoms with Gasteiger partial charge in [-0.25, -0.2) is 4.79 Å². The van der Waals surface area contributed by atoms with E-state index in [-0.39, 0.29) is 11.4 Å². The molecule has 0 saturated heterocycles. The molecule has 21 heavy (non-hydrogen) atoms. The van der Waals surface area contributed by atoms with Gasteiger partial charge in [-0.2, -0.15) is 0 Å². The number of esters is 1. The van der Waals surface area contributed by atoms with Crippen molar-refractivity contribution in [2.75, 3.05) is 6.61 Å². The van der Waals surface area contributed by atoms with Crippen LogP contribution in [0.25, 0.3) is 0 Å². The number of ether oxygens (including phenoxy) is 1. The number of carbonyl (C=O) groups is 1. The highest BCUT2D eigenvalue weighted by atomic mass is 16.5. The smallest absolute Gasteiger partial charge is 0.360 e. The molecule has 1 heterocycles. The maximum absolute atomic E-state index is 12.2. The standard InChI is InChI=1S/C16H23N3O2/c1-3-21-15(20)13-14(19(2)18-17-13)16-7-10-4-11(8-16)6-12(5-10)9-16/h10-12H,3-9H2,1-2H3. The van der Waals surface area contributed by atoms with Crippen LogP contribution in [0.3, 0.4) is 0 Å². The zero-order chi connectivity index (χ0) is 14.6. The van der Waals surface area contributed by atoms with Crippen LogP contribution in [0.2, 0.25) is 0 Å². The minimum atomic E-state index is -0.309. The lowest BCUT2D eigenvalue weighted by molar-refractivity contribution is -0.00975. The Labute approximate surface area is 125 Å². The number of hydrogen-bond donors (Lipinski definition) is 0. The van der Waals surface area contributed by atoms with Gasteiger partial charge in [-0.1, -0.05) is 5.21 Å². The number of nitrogens with zero attached hydrogens (tertiary/aromatic N) is 3. The Bertz CT molecular complexity index is 543. The topological polar surface area (TPSA) is 57.0 Å². The fourth-order valence-corrected chi connectivity index (χ4v) is 5.69. The van der Waals surface area contributed by atoms with Gasteiger partial charge in [0, 0.05) is 12.5 Å². The van der Waals surface area contributed by atoms with Gasteiger partial charge in [0.25, 0.3) is 0 Å². The number of aryl methyl sites for hydroxylation is 1. The molecular weight excluding hydrogens is 266 g/mol. The molecular formula is C16H23N3O2. The van der Waals surface area contributed by atoms with Crippen molar-refractivity contribution in [3.05, 3.63) is 11.4 Å². The van der Waals surface area contributed by atoms with E-state index in [4.69, 9.17) is 4.74 Å². The highest BCUT2D eigenvalue weighted by Crippen LogP contribution is 2.60. The molecule has 0 aromatic carbocycles. The molecule has 0 unspecified atom stereocenters. The summed E-state index contributed by atoms with van der Waals surface area (Å²) in [6.45, 7) is 2.22. The van der Waals surface area contributed by atoms with E-state index in [1.54, 1.807) is 0 Å². The maximum atomic E-state index is 12.2. The summed E-state index contributed by atoms with van der Waals surface area (Å²) in [6, 6.07) is 0. The van der Waals surface area contributed by atoms with E-state index in [0.717, 1.165) is 23.4 Å². The lowest BCUT2D eigenvalue weighted by Gasteiger charge is -2.56. The first kappa shape index (κ1) is 13.3. The second-order valence-corrected chi connectivity index (χ2v) is 7.33. The van der Waals surface area contributed by atoms with E-state index in [1.165, 1.54) is 38.5 Å².